The van der Waals surface area contributed by atoms with E-state index in [9.17, 15) is 0 Å². The van der Waals surface area contributed by atoms with Crippen molar-refractivity contribution in [3.63, 3.8) is 0 Å². The summed E-state index contributed by atoms with van der Waals surface area (Å²) in [5.41, 5.74) is 9.76. The second-order valence-electron chi connectivity index (χ2n) is 16.4. The number of hydrogen-bond donors (Lipinski definition) is 0. The Kier molecular flexibility index (Phi) is 11.6. The van der Waals surface area contributed by atoms with Crippen molar-refractivity contribution in [2.45, 2.75) is 128 Å². The van der Waals surface area contributed by atoms with Crippen LogP contribution in [0.25, 0.3) is 11.1 Å². The topological polar surface area (TPSA) is 0 Å². The Morgan fingerprint density at radius 2 is 1.11 bits per heavy atom. The molecule has 0 N–H and O–H groups in total. The van der Waals surface area contributed by atoms with Crippen molar-refractivity contribution in [3.05, 3.63) is 80.2 Å². The molecule has 0 radical (unpaired) electrons. The number of hydrogen-bond acceptors (Lipinski definition) is 0. The molecule has 0 spiro atoms. The van der Waals surface area contributed by atoms with Crippen LogP contribution < -0.4 is 24.8 Å². The quantitative estimate of drug-likeness (QED) is 0.364. The normalized spacial score (nSPS) is 19.8. The fraction of sp³-hybridized carbons (Fsp3) is 0.585. The van der Waals surface area contributed by atoms with E-state index in [-0.39, 0.29) is 35.6 Å². The van der Waals surface area contributed by atoms with Crippen molar-refractivity contribution in [1.82, 2.24) is 0 Å². The SMILES string of the molecule is CC([C](C(C)C1CCCC1)=[Zr+2]([C]1=CC=CC1)[CH]1c2cc(C(C)(C)C)ccc2-c2ccc(C(C)(C)C)cc21)C1CCCC1.[Cl-].[Cl-]. The van der Waals surface area contributed by atoms with Crippen LogP contribution in [0.5, 0.6) is 0 Å². The third-order valence-corrected chi connectivity index (χ3v) is 21.0. The fourth-order valence-electron chi connectivity index (χ4n) is 9.02. The van der Waals surface area contributed by atoms with E-state index in [1.807, 2.05) is 3.28 Å². The Labute approximate surface area is 289 Å². The molecule has 2 unspecified atom stereocenters. The van der Waals surface area contributed by atoms with Gasteiger partial charge in [0.1, 0.15) is 0 Å². The maximum atomic E-state index is 2.70. The predicted molar refractivity (Wildman–Crippen MR) is 180 cm³/mol. The van der Waals surface area contributed by atoms with Gasteiger partial charge in [-0.25, -0.2) is 0 Å². The van der Waals surface area contributed by atoms with Crippen LogP contribution in [0.2, 0.25) is 0 Å². The average molecular weight is 711 g/mol. The second-order valence-corrected chi connectivity index (χ2v) is 22.8. The summed E-state index contributed by atoms with van der Waals surface area (Å²) in [6.45, 7) is 19.8. The van der Waals surface area contributed by atoms with Crippen molar-refractivity contribution < 1.29 is 46.1 Å². The second kappa shape index (κ2) is 14.2. The summed E-state index contributed by atoms with van der Waals surface area (Å²) in [5, 5.41) is 0. The Hall–Kier alpha value is -0.747. The molecule has 0 aliphatic heterocycles. The standard InChI is InChI=1S/C21H25.C15H26.C5H5.2ClH.Zr/c1-20(2,3)16-7-9-18-14(12-16)11-15-13-17(21(4,5)6)8-10-19(15)18;1-12(14-7-3-4-8-14)11-13(2)15-9-5-6-10-15;1-2-4-5-3-1;;;/h7-13H,1-6H3;12-15H,3-10H2,1-2H3;1-3H,4H2;2*1H;/q;;;;;+2/p-2. The molecule has 2 aromatic carbocycles. The molecule has 2 fully saturated rings. The van der Waals surface area contributed by atoms with Crippen molar-refractivity contribution in [2.24, 2.45) is 23.7 Å². The van der Waals surface area contributed by atoms with E-state index in [2.05, 4.69) is 113 Å². The summed E-state index contributed by atoms with van der Waals surface area (Å²) >= 11 is -2.45. The molecule has 6 rings (SSSR count). The molecule has 0 saturated heterocycles. The van der Waals surface area contributed by atoms with E-state index in [0.717, 1.165) is 23.7 Å². The molecule has 3 heteroatoms. The molecule has 0 heterocycles. The van der Waals surface area contributed by atoms with E-state index >= 15 is 0 Å². The van der Waals surface area contributed by atoms with Crippen molar-refractivity contribution in [1.29, 1.82) is 0 Å². The van der Waals surface area contributed by atoms with Crippen LogP contribution in [0.15, 0.2) is 57.9 Å². The molecule has 0 amide bonds. The maximum Gasteiger partial charge on any atom is -1.00 e. The van der Waals surface area contributed by atoms with Crippen LogP contribution >= 0.6 is 0 Å². The minimum atomic E-state index is -2.45. The van der Waals surface area contributed by atoms with Gasteiger partial charge in [-0.2, -0.15) is 0 Å². The molecule has 238 valence electrons. The number of rotatable bonds is 6. The molecule has 0 nitrogen and oxygen atoms in total. The minimum Gasteiger partial charge on any atom is -1.00 e. The van der Waals surface area contributed by atoms with Gasteiger partial charge in [-0.05, 0) is 0 Å². The first kappa shape index (κ1) is 36.1. The number of benzene rings is 2. The van der Waals surface area contributed by atoms with Crippen LogP contribution in [0.4, 0.5) is 0 Å². The van der Waals surface area contributed by atoms with Crippen molar-refractivity contribution >= 4 is 3.21 Å². The summed E-state index contributed by atoms with van der Waals surface area (Å²) < 4.78 is 4.57. The largest absolute Gasteiger partial charge is 1.00 e. The van der Waals surface area contributed by atoms with Gasteiger partial charge in [0.25, 0.3) is 0 Å². The van der Waals surface area contributed by atoms with E-state index in [0.29, 0.717) is 3.63 Å². The number of allylic oxidation sites excluding steroid dienone is 4. The summed E-state index contributed by atoms with van der Waals surface area (Å²) in [5.74, 6) is 3.33. The van der Waals surface area contributed by atoms with Crippen LogP contribution in [0, 0.1) is 23.7 Å². The average Bonchev–Trinajstić information content (AvgIpc) is 3.77. The number of fused-ring (bicyclic) bond motifs is 3. The van der Waals surface area contributed by atoms with Gasteiger partial charge in [-0.3, -0.25) is 0 Å². The minimum absolute atomic E-state index is 0. The molecule has 2 saturated carbocycles. The van der Waals surface area contributed by atoms with Crippen LogP contribution in [-0.2, 0) is 32.1 Å². The smallest absolute Gasteiger partial charge is 1.00 e. The first-order valence-corrected chi connectivity index (χ1v) is 21.2. The zero-order valence-electron chi connectivity index (χ0n) is 28.7. The predicted octanol–water partition coefficient (Wildman–Crippen LogP) is 5.65. The van der Waals surface area contributed by atoms with Crippen molar-refractivity contribution in [3.8, 4) is 11.1 Å². The Morgan fingerprint density at radius 1 is 0.682 bits per heavy atom. The summed E-state index contributed by atoms with van der Waals surface area (Å²) in [7, 11) is 0. The van der Waals surface area contributed by atoms with Gasteiger partial charge in [0.15, 0.2) is 0 Å². The first-order chi connectivity index (χ1) is 19.9. The monoisotopic (exact) mass is 708 g/mol. The third-order valence-electron chi connectivity index (χ3n) is 11.7. The summed E-state index contributed by atoms with van der Waals surface area (Å²) in [6, 6.07) is 15.3. The number of halogens is 2. The Bertz CT molecular complexity index is 1330. The molecular formula is C41H56Cl2Zr. The van der Waals surface area contributed by atoms with Crippen LogP contribution in [0.3, 0.4) is 0 Å². The molecule has 2 atom stereocenters. The van der Waals surface area contributed by atoms with E-state index in [1.165, 1.54) is 80.0 Å². The van der Waals surface area contributed by atoms with Gasteiger partial charge >= 0.3 is 267 Å². The van der Waals surface area contributed by atoms with Crippen molar-refractivity contribution in [2.75, 3.05) is 0 Å². The zero-order valence-corrected chi connectivity index (χ0v) is 32.7. The molecule has 0 bridgehead atoms. The van der Waals surface area contributed by atoms with Gasteiger partial charge in [0.05, 0.1) is 0 Å². The van der Waals surface area contributed by atoms with Gasteiger partial charge < -0.3 is 24.8 Å². The summed E-state index contributed by atoms with van der Waals surface area (Å²) in [6.07, 6.45) is 20.3. The van der Waals surface area contributed by atoms with Crippen LogP contribution in [0.1, 0.15) is 139 Å². The zero-order chi connectivity index (χ0) is 29.8. The van der Waals surface area contributed by atoms with E-state index in [1.54, 1.807) is 11.1 Å². The Morgan fingerprint density at radius 3 is 1.48 bits per heavy atom. The van der Waals surface area contributed by atoms with Crippen LogP contribution in [-0.4, -0.2) is 3.21 Å². The molecule has 2 aromatic rings. The summed E-state index contributed by atoms with van der Waals surface area (Å²) in [4.78, 5) is 0. The van der Waals surface area contributed by atoms with E-state index < -0.39 is 21.3 Å². The molecular weight excluding hydrogens is 655 g/mol. The molecule has 4 aliphatic carbocycles. The third kappa shape index (κ3) is 6.92. The van der Waals surface area contributed by atoms with Gasteiger partial charge in [-0.15, -0.1) is 0 Å². The van der Waals surface area contributed by atoms with Gasteiger partial charge in [0.2, 0.25) is 0 Å². The molecule has 4 aliphatic rings. The Balaban J connectivity index is 0.00000221. The molecule has 44 heavy (non-hydrogen) atoms. The van der Waals surface area contributed by atoms with E-state index in [4.69, 9.17) is 0 Å². The van der Waals surface area contributed by atoms with Gasteiger partial charge in [0, 0.05) is 0 Å². The fourth-order valence-corrected chi connectivity index (χ4v) is 19.4. The first-order valence-electron chi connectivity index (χ1n) is 17.3. The van der Waals surface area contributed by atoms with Gasteiger partial charge in [-0.1, -0.05) is 0 Å². The molecule has 0 aromatic heterocycles. The maximum absolute atomic E-state index is 2.70.